The quantitative estimate of drug-likeness (QED) is 0.0976. The van der Waals surface area contributed by atoms with Crippen molar-refractivity contribution in [1.82, 2.24) is 0 Å². The Balaban J connectivity index is 0.000000533. The largest absolute Gasteiger partial charge is 0.744 e. The van der Waals surface area contributed by atoms with Gasteiger partial charge >= 0.3 is 0 Å². The fourth-order valence-electron chi connectivity index (χ4n) is 5.96. The van der Waals surface area contributed by atoms with Gasteiger partial charge in [0.15, 0.2) is 28.8 Å². The summed E-state index contributed by atoms with van der Waals surface area (Å²) in [6.45, 7) is 1.50. The number of methoxy groups -OCH3 is 4. The minimum Gasteiger partial charge on any atom is -0.744 e. The maximum atomic E-state index is 12.8. The molecule has 0 saturated carbocycles. The topological polar surface area (TPSA) is 148 Å². The van der Waals surface area contributed by atoms with Gasteiger partial charge in [-0.05, 0) is 60.4 Å². The number of aliphatic hydroxyl groups excluding tert-OH is 1. The summed E-state index contributed by atoms with van der Waals surface area (Å²) in [4.78, 5) is 25.0. The van der Waals surface area contributed by atoms with E-state index in [2.05, 4.69) is 19.2 Å². The SMILES string of the molecule is COc1ccc(C[C@@H]2c3cc(OC)c(OC)cc3CC[N@+]2(C)CCC(=O)C(=O)CCCCCO)cc1OC.O=S(=O)([O-])c1ccccc1. The van der Waals surface area contributed by atoms with Crippen molar-refractivity contribution in [1.29, 1.82) is 0 Å². The molecule has 11 nitrogen and oxygen atoms in total. The third-order valence-electron chi connectivity index (χ3n) is 8.78. The van der Waals surface area contributed by atoms with Crippen LogP contribution in [0.1, 0.15) is 54.8 Å². The summed E-state index contributed by atoms with van der Waals surface area (Å²) in [6.07, 6.45) is 4.03. The molecular weight excluding hydrogens is 638 g/mol. The van der Waals surface area contributed by atoms with E-state index < -0.39 is 10.1 Å². The van der Waals surface area contributed by atoms with Gasteiger partial charge in [-0.1, -0.05) is 30.7 Å². The van der Waals surface area contributed by atoms with Crippen molar-refractivity contribution in [3.8, 4) is 23.0 Å². The zero-order valence-electron chi connectivity index (χ0n) is 28.4. The molecule has 0 spiro atoms. The molecule has 0 aromatic heterocycles. The summed E-state index contributed by atoms with van der Waals surface area (Å²) in [6, 6.07) is 17.3. The molecule has 48 heavy (non-hydrogen) atoms. The molecule has 1 N–H and O–H groups in total. The lowest BCUT2D eigenvalue weighted by Crippen LogP contribution is -2.53. The monoisotopic (exact) mass is 685 g/mol. The smallest absolute Gasteiger partial charge is 0.203 e. The first-order valence-electron chi connectivity index (χ1n) is 15.9. The van der Waals surface area contributed by atoms with Gasteiger partial charge in [0, 0.05) is 31.4 Å². The van der Waals surface area contributed by atoms with Gasteiger partial charge in [0.05, 0.1) is 59.9 Å². The van der Waals surface area contributed by atoms with E-state index in [1.807, 2.05) is 18.2 Å². The maximum absolute atomic E-state index is 12.8. The number of carbonyl (C=O) groups is 2. The van der Waals surface area contributed by atoms with Crippen LogP contribution in [-0.2, 0) is 32.5 Å². The number of hydrogen-bond donors (Lipinski definition) is 1. The Labute approximate surface area is 283 Å². The average Bonchev–Trinajstić information content (AvgIpc) is 3.09. The maximum Gasteiger partial charge on any atom is 0.203 e. The molecule has 1 aliphatic heterocycles. The zero-order chi connectivity index (χ0) is 35.3. The summed E-state index contributed by atoms with van der Waals surface area (Å²) in [7, 11) is 4.44. The highest BCUT2D eigenvalue weighted by atomic mass is 32.2. The number of fused-ring (bicyclic) bond motifs is 1. The molecule has 1 heterocycles. The molecule has 0 aliphatic carbocycles. The zero-order valence-corrected chi connectivity index (χ0v) is 29.2. The van der Waals surface area contributed by atoms with Crippen LogP contribution in [0.15, 0.2) is 65.6 Å². The van der Waals surface area contributed by atoms with E-state index in [0.29, 0.717) is 53.3 Å². The molecule has 1 aliphatic rings. The number of likely N-dealkylation sites (N-methyl/N-ethyl adjacent to an activating group) is 1. The normalized spacial score (nSPS) is 16.9. The van der Waals surface area contributed by atoms with Gasteiger partial charge in [-0.2, -0.15) is 0 Å². The molecular formula is C36H47NO10S. The van der Waals surface area contributed by atoms with Crippen LogP contribution in [-0.4, -0.2) is 89.3 Å². The van der Waals surface area contributed by atoms with Crippen molar-refractivity contribution >= 4 is 21.7 Å². The molecule has 0 fully saturated rings. The number of Topliss-reactive ketones (excluding diaryl/α,β-unsaturated/α-hetero) is 2. The number of benzene rings is 3. The molecule has 3 aromatic carbocycles. The van der Waals surface area contributed by atoms with E-state index in [1.54, 1.807) is 34.5 Å². The molecule has 3 aromatic rings. The van der Waals surface area contributed by atoms with Crippen LogP contribution in [0.25, 0.3) is 0 Å². The lowest BCUT2D eigenvalue weighted by Gasteiger charge is -2.46. The first-order chi connectivity index (χ1) is 22.9. The summed E-state index contributed by atoms with van der Waals surface area (Å²) >= 11 is 0. The van der Waals surface area contributed by atoms with Crippen LogP contribution in [0.5, 0.6) is 23.0 Å². The van der Waals surface area contributed by atoms with Gasteiger partial charge in [-0.15, -0.1) is 0 Å². The summed E-state index contributed by atoms with van der Waals surface area (Å²) < 4.78 is 53.6. The van der Waals surface area contributed by atoms with Crippen molar-refractivity contribution < 1.29 is 51.1 Å². The molecule has 4 rings (SSSR count). The highest BCUT2D eigenvalue weighted by Gasteiger charge is 2.40. The minimum atomic E-state index is -4.25. The molecule has 0 unspecified atom stereocenters. The number of aliphatic hydroxyl groups is 1. The van der Waals surface area contributed by atoms with E-state index in [9.17, 15) is 22.6 Å². The van der Waals surface area contributed by atoms with Crippen LogP contribution in [0.4, 0.5) is 0 Å². The average molecular weight is 686 g/mol. The third kappa shape index (κ3) is 10.3. The number of carbonyl (C=O) groups excluding carboxylic acids is 2. The highest BCUT2D eigenvalue weighted by Crippen LogP contribution is 2.43. The number of hydrogen-bond acceptors (Lipinski definition) is 10. The first-order valence-corrected chi connectivity index (χ1v) is 17.3. The molecule has 0 radical (unpaired) electrons. The van der Waals surface area contributed by atoms with E-state index in [0.717, 1.165) is 30.5 Å². The predicted octanol–water partition coefficient (Wildman–Crippen LogP) is 4.68. The van der Waals surface area contributed by atoms with Crippen molar-refractivity contribution in [3.63, 3.8) is 0 Å². The van der Waals surface area contributed by atoms with Crippen molar-refractivity contribution in [2.24, 2.45) is 0 Å². The summed E-state index contributed by atoms with van der Waals surface area (Å²) in [5, 5.41) is 8.93. The summed E-state index contributed by atoms with van der Waals surface area (Å²) in [5.41, 5.74) is 3.45. The molecule has 12 heteroatoms. The number of ketones is 2. The molecule has 0 saturated heterocycles. The highest BCUT2D eigenvalue weighted by molar-refractivity contribution is 7.85. The van der Waals surface area contributed by atoms with Crippen molar-refractivity contribution in [2.75, 3.05) is 55.2 Å². The van der Waals surface area contributed by atoms with Crippen LogP contribution in [0.3, 0.4) is 0 Å². The number of nitrogens with zero attached hydrogens (tertiary/aromatic N) is 1. The van der Waals surface area contributed by atoms with Gasteiger partial charge < -0.3 is 33.1 Å². The van der Waals surface area contributed by atoms with Crippen LogP contribution in [0.2, 0.25) is 0 Å². The lowest BCUT2D eigenvalue weighted by molar-refractivity contribution is -0.940. The van der Waals surface area contributed by atoms with E-state index in [-0.39, 0.29) is 42.0 Å². The number of ether oxygens (including phenoxy) is 4. The Kier molecular flexibility index (Phi) is 14.4. The van der Waals surface area contributed by atoms with Gasteiger partial charge in [0.25, 0.3) is 0 Å². The molecule has 0 bridgehead atoms. The van der Waals surface area contributed by atoms with Crippen LogP contribution < -0.4 is 18.9 Å². The predicted molar refractivity (Wildman–Crippen MR) is 180 cm³/mol. The second-order valence-corrected chi connectivity index (χ2v) is 13.3. The Hall–Kier alpha value is -3.97. The second-order valence-electron chi connectivity index (χ2n) is 11.9. The van der Waals surface area contributed by atoms with Crippen molar-refractivity contribution in [2.45, 2.75) is 55.9 Å². The van der Waals surface area contributed by atoms with Gasteiger partial charge in [-0.3, -0.25) is 9.59 Å². The van der Waals surface area contributed by atoms with Gasteiger partial charge in [0.2, 0.25) is 5.78 Å². The van der Waals surface area contributed by atoms with Gasteiger partial charge in [0.1, 0.15) is 16.2 Å². The Morgan fingerprint density at radius 1 is 0.812 bits per heavy atom. The third-order valence-corrected chi connectivity index (χ3v) is 9.63. The minimum absolute atomic E-state index is 0.0316. The van der Waals surface area contributed by atoms with Crippen molar-refractivity contribution in [3.05, 3.63) is 77.4 Å². The molecule has 262 valence electrons. The first kappa shape index (κ1) is 38.5. The van der Waals surface area contributed by atoms with Crippen LogP contribution in [0, 0.1) is 0 Å². The summed E-state index contributed by atoms with van der Waals surface area (Å²) in [5.74, 6) is 2.10. The Morgan fingerprint density at radius 2 is 1.42 bits per heavy atom. The fraction of sp³-hybridized carbons (Fsp3) is 0.444. The fourth-order valence-corrected chi connectivity index (χ4v) is 6.45. The lowest BCUT2D eigenvalue weighted by atomic mass is 9.86. The number of quaternary nitrogens is 1. The van der Waals surface area contributed by atoms with Gasteiger partial charge in [-0.25, -0.2) is 8.42 Å². The standard InChI is InChI=1S/C30H42NO7.C6H6O3S/c1-31(15-13-26(34)25(33)9-7-6-8-16-32)14-12-22-19-29(37-4)30(38-5)20-23(22)24(31)17-21-10-11-27(35-2)28(18-21)36-3;7-10(8,9)6-4-2-1-3-5-6/h10-11,18-20,24,32H,6-9,12-17H2,1-5H3;1-5H,(H,7,8,9)/q+1;/p-1/t24-,31-;/m1./s1. The Bertz CT molecular complexity index is 1630. The number of unbranched alkanes of at least 4 members (excludes halogenated alkanes) is 2. The number of rotatable bonds is 16. The van der Waals surface area contributed by atoms with E-state index >= 15 is 0 Å². The molecule has 2 atom stereocenters. The Morgan fingerprint density at radius 3 is 2.00 bits per heavy atom. The second kappa shape index (κ2) is 18.0. The van der Waals surface area contributed by atoms with Crippen LogP contribution >= 0.6 is 0 Å². The molecule has 0 amide bonds. The van der Waals surface area contributed by atoms with E-state index in [4.69, 9.17) is 24.1 Å². The van der Waals surface area contributed by atoms with E-state index in [1.165, 1.54) is 29.8 Å².